The molecule has 15 heavy (non-hydrogen) atoms. The molecule has 0 radical (unpaired) electrons. The first-order valence-corrected chi connectivity index (χ1v) is 4.99. The minimum Gasteiger partial charge on any atom is -0.308 e. The normalized spacial score (nSPS) is 15.1. The molecule has 0 saturated heterocycles. The minimum atomic E-state index is -0.432. The smallest absolute Gasteiger partial charge is 0.299 e. The van der Waals surface area contributed by atoms with E-state index in [2.05, 4.69) is 0 Å². The molecule has 1 amide bonds. The van der Waals surface area contributed by atoms with Gasteiger partial charge in [-0.1, -0.05) is 26.0 Å². The number of benzene rings is 1. The summed E-state index contributed by atoms with van der Waals surface area (Å²) in [6.45, 7) is 4.04. The zero-order chi connectivity index (χ0) is 11.2. The quantitative estimate of drug-likeness (QED) is 0.654. The van der Waals surface area contributed by atoms with Crippen molar-refractivity contribution in [3.63, 3.8) is 0 Å². The third-order valence-corrected chi connectivity index (χ3v) is 2.78. The molecule has 1 aromatic rings. The molecular weight excluding hydrogens is 190 g/mol. The number of likely N-dealkylation sites (N-methyl/N-ethyl adjacent to an activating group) is 1. The highest BCUT2D eigenvalue weighted by Gasteiger charge is 2.35. The number of nitrogens with zero attached hydrogens (tertiary/aromatic N) is 1. The summed E-state index contributed by atoms with van der Waals surface area (Å²) >= 11 is 0. The van der Waals surface area contributed by atoms with Crippen LogP contribution < -0.4 is 4.90 Å². The van der Waals surface area contributed by atoms with Crippen molar-refractivity contribution in [3.05, 3.63) is 29.3 Å². The zero-order valence-electron chi connectivity index (χ0n) is 9.07. The van der Waals surface area contributed by atoms with Gasteiger partial charge in [-0.2, -0.15) is 0 Å². The molecule has 0 saturated carbocycles. The van der Waals surface area contributed by atoms with Crippen molar-refractivity contribution < 1.29 is 9.59 Å². The van der Waals surface area contributed by atoms with Crippen LogP contribution >= 0.6 is 0 Å². The lowest BCUT2D eigenvalue weighted by Gasteiger charge is -2.11. The number of anilines is 1. The van der Waals surface area contributed by atoms with Gasteiger partial charge in [0.2, 0.25) is 0 Å². The Kier molecular flexibility index (Phi) is 2.11. The number of carbonyl (C=O) groups excluding carboxylic acids is 2. The average Bonchev–Trinajstić information content (AvgIpc) is 2.44. The molecular formula is C12H13NO2. The number of rotatable bonds is 1. The first-order chi connectivity index (χ1) is 7.04. The van der Waals surface area contributed by atoms with Crippen molar-refractivity contribution in [3.8, 4) is 0 Å². The maximum absolute atomic E-state index is 11.7. The van der Waals surface area contributed by atoms with E-state index in [0.717, 1.165) is 11.3 Å². The van der Waals surface area contributed by atoms with Crippen molar-refractivity contribution >= 4 is 17.4 Å². The van der Waals surface area contributed by atoms with E-state index in [9.17, 15) is 9.59 Å². The van der Waals surface area contributed by atoms with Crippen LogP contribution in [-0.2, 0) is 4.79 Å². The van der Waals surface area contributed by atoms with Crippen LogP contribution in [-0.4, -0.2) is 18.7 Å². The van der Waals surface area contributed by atoms with Gasteiger partial charge in [0.1, 0.15) is 0 Å². The summed E-state index contributed by atoms with van der Waals surface area (Å²) in [5.74, 6) is -0.557. The molecule has 78 valence electrons. The highest BCUT2D eigenvalue weighted by atomic mass is 16.2. The first kappa shape index (κ1) is 9.90. The topological polar surface area (TPSA) is 37.4 Å². The summed E-state index contributed by atoms with van der Waals surface area (Å²) < 4.78 is 0. The summed E-state index contributed by atoms with van der Waals surface area (Å²) in [4.78, 5) is 24.7. The van der Waals surface area contributed by atoms with Gasteiger partial charge in [0.25, 0.3) is 11.7 Å². The van der Waals surface area contributed by atoms with E-state index in [1.54, 1.807) is 7.05 Å². The molecule has 0 bridgehead atoms. The number of carbonyl (C=O) groups is 2. The van der Waals surface area contributed by atoms with Crippen LogP contribution in [0.2, 0.25) is 0 Å². The van der Waals surface area contributed by atoms with Crippen LogP contribution in [0.4, 0.5) is 5.69 Å². The Bertz CT molecular complexity index is 449. The average molecular weight is 203 g/mol. The number of ketones is 1. The second kappa shape index (κ2) is 3.19. The molecule has 0 N–H and O–H groups in total. The largest absolute Gasteiger partial charge is 0.308 e. The zero-order valence-corrected chi connectivity index (χ0v) is 9.07. The molecule has 0 aliphatic carbocycles. The van der Waals surface area contributed by atoms with Crippen LogP contribution in [0.5, 0.6) is 0 Å². The molecule has 2 rings (SSSR count). The Morgan fingerprint density at radius 2 is 1.87 bits per heavy atom. The third kappa shape index (κ3) is 1.27. The van der Waals surface area contributed by atoms with Gasteiger partial charge in [-0.3, -0.25) is 9.59 Å². The standard InChI is InChI=1S/C12H13NO2/c1-7(2)8-5-4-6-9-10(8)11(14)12(15)13(9)3/h4-7H,1-3H3. The predicted molar refractivity (Wildman–Crippen MR) is 58.3 cm³/mol. The van der Waals surface area contributed by atoms with E-state index in [0.29, 0.717) is 5.56 Å². The Morgan fingerprint density at radius 3 is 2.47 bits per heavy atom. The fraction of sp³-hybridized carbons (Fsp3) is 0.333. The molecule has 0 fully saturated rings. The molecule has 1 aliphatic rings. The maximum Gasteiger partial charge on any atom is 0.299 e. The SMILES string of the molecule is CC(C)c1cccc2c1C(=O)C(=O)N2C. The lowest BCUT2D eigenvalue weighted by Crippen LogP contribution is -2.24. The minimum absolute atomic E-state index is 0.253. The highest BCUT2D eigenvalue weighted by Crippen LogP contribution is 2.33. The van der Waals surface area contributed by atoms with Crippen molar-refractivity contribution in [1.82, 2.24) is 0 Å². The molecule has 3 heteroatoms. The Morgan fingerprint density at radius 1 is 1.20 bits per heavy atom. The van der Waals surface area contributed by atoms with Crippen LogP contribution in [0.15, 0.2) is 18.2 Å². The second-order valence-electron chi connectivity index (χ2n) is 4.09. The Balaban J connectivity index is 2.69. The number of Topliss-reactive ketones (excluding diaryl/α,β-unsaturated/α-hetero) is 1. The highest BCUT2D eigenvalue weighted by molar-refractivity contribution is 6.52. The van der Waals surface area contributed by atoms with E-state index in [-0.39, 0.29) is 11.7 Å². The molecule has 1 aliphatic heterocycles. The molecule has 0 atom stereocenters. The van der Waals surface area contributed by atoms with E-state index in [1.165, 1.54) is 4.90 Å². The van der Waals surface area contributed by atoms with E-state index < -0.39 is 5.91 Å². The van der Waals surface area contributed by atoms with Gasteiger partial charge in [0, 0.05) is 7.05 Å². The molecule has 1 heterocycles. The van der Waals surface area contributed by atoms with Crippen LogP contribution in [0.1, 0.15) is 35.7 Å². The van der Waals surface area contributed by atoms with E-state index in [4.69, 9.17) is 0 Å². The number of hydrogen-bond donors (Lipinski definition) is 0. The number of fused-ring (bicyclic) bond motifs is 1. The van der Waals surface area contributed by atoms with Crippen molar-refractivity contribution in [2.75, 3.05) is 11.9 Å². The van der Waals surface area contributed by atoms with E-state index >= 15 is 0 Å². The fourth-order valence-corrected chi connectivity index (χ4v) is 1.93. The summed E-state index contributed by atoms with van der Waals surface area (Å²) in [5.41, 5.74) is 2.27. The molecule has 1 aromatic carbocycles. The maximum atomic E-state index is 11.7. The summed E-state index contributed by atoms with van der Waals surface area (Å²) in [6, 6.07) is 5.61. The third-order valence-electron chi connectivity index (χ3n) is 2.78. The summed E-state index contributed by atoms with van der Waals surface area (Å²) in [6.07, 6.45) is 0. The fourth-order valence-electron chi connectivity index (χ4n) is 1.93. The van der Waals surface area contributed by atoms with Gasteiger partial charge in [0.05, 0.1) is 11.3 Å². The van der Waals surface area contributed by atoms with Gasteiger partial charge >= 0.3 is 0 Å². The predicted octanol–water partition coefficient (Wildman–Crippen LogP) is 1.97. The van der Waals surface area contributed by atoms with Gasteiger partial charge in [-0.15, -0.1) is 0 Å². The monoisotopic (exact) mass is 203 g/mol. The van der Waals surface area contributed by atoms with Crippen molar-refractivity contribution in [2.45, 2.75) is 19.8 Å². The van der Waals surface area contributed by atoms with Crippen LogP contribution in [0.3, 0.4) is 0 Å². The molecule has 3 nitrogen and oxygen atoms in total. The van der Waals surface area contributed by atoms with Gasteiger partial charge in [-0.05, 0) is 17.5 Å². The van der Waals surface area contributed by atoms with Crippen molar-refractivity contribution in [1.29, 1.82) is 0 Å². The Hall–Kier alpha value is -1.64. The lowest BCUT2D eigenvalue weighted by atomic mass is 9.95. The second-order valence-corrected chi connectivity index (χ2v) is 4.09. The number of hydrogen-bond acceptors (Lipinski definition) is 2. The van der Waals surface area contributed by atoms with Crippen LogP contribution in [0.25, 0.3) is 0 Å². The lowest BCUT2D eigenvalue weighted by molar-refractivity contribution is -0.114. The van der Waals surface area contributed by atoms with Gasteiger partial charge in [0.15, 0.2) is 0 Å². The summed E-state index contributed by atoms with van der Waals surface area (Å²) in [7, 11) is 1.64. The molecule has 0 spiro atoms. The van der Waals surface area contributed by atoms with Gasteiger partial charge in [-0.25, -0.2) is 0 Å². The molecule has 0 aromatic heterocycles. The first-order valence-electron chi connectivity index (χ1n) is 4.99. The van der Waals surface area contributed by atoms with Crippen LogP contribution in [0, 0.1) is 0 Å². The van der Waals surface area contributed by atoms with E-state index in [1.807, 2.05) is 32.0 Å². The molecule has 0 unspecified atom stereocenters. The van der Waals surface area contributed by atoms with Gasteiger partial charge < -0.3 is 4.90 Å². The Labute approximate surface area is 88.7 Å². The van der Waals surface area contributed by atoms with Crippen molar-refractivity contribution in [2.24, 2.45) is 0 Å². The number of amides is 1. The summed E-state index contributed by atoms with van der Waals surface area (Å²) in [5, 5.41) is 0.